The molecule has 1 aliphatic heterocycles. The topological polar surface area (TPSA) is 123 Å². The highest BCUT2D eigenvalue weighted by Gasteiger charge is 2.36. The number of aliphatic hydroxyl groups excluding tert-OH is 1. The fourth-order valence-electron chi connectivity index (χ4n) is 3.69. The first kappa shape index (κ1) is 24.5. The molecular weight excluding hydrogens is 502 g/mol. The highest BCUT2D eigenvalue weighted by Crippen LogP contribution is 2.26. The molecule has 1 aliphatic rings. The van der Waals surface area contributed by atoms with E-state index in [2.05, 4.69) is 26.0 Å². The molecule has 3 rings (SSSR count). The second-order valence-corrected chi connectivity index (χ2v) is 10.1. The highest BCUT2D eigenvalue weighted by atomic mass is 79.9. The van der Waals surface area contributed by atoms with Gasteiger partial charge in [0.25, 0.3) is 5.56 Å². The SMILES string of the molecule is CC(C)(C)OC(=O)N1CCCC(O)C1C/C(Cn1cnc2cc(Br)c(Cl)cc2c1=O)=N/N. The minimum absolute atomic E-state index is 0.0668. The Labute approximate surface area is 199 Å². The predicted octanol–water partition coefficient (Wildman–Crippen LogP) is 3.28. The van der Waals surface area contributed by atoms with Crippen molar-refractivity contribution in [3.63, 3.8) is 0 Å². The first-order valence-corrected chi connectivity index (χ1v) is 11.4. The molecule has 32 heavy (non-hydrogen) atoms. The van der Waals surface area contributed by atoms with Crippen molar-refractivity contribution in [3.8, 4) is 0 Å². The van der Waals surface area contributed by atoms with Gasteiger partial charge in [0.15, 0.2) is 0 Å². The van der Waals surface area contributed by atoms with Crippen molar-refractivity contribution in [2.24, 2.45) is 10.9 Å². The smallest absolute Gasteiger partial charge is 0.410 e. The van der Waals surface area contributed by atoms with Crippen LogP contribution in [0.25, 0.3) is 10.9 Å². The second kappa shape index (κ2) is 9.76. The third kappa shape index (κ3) is 5.60. The van der Waals surface area contributed by atoms with Crippen LogP contribution in [0.1, 0.15) is 40.0 Å². The summed E-state index contributed by atoms with van der Waals surface area (Å²) in [6.07, 6.45) is 1.57. The molecule has 0 spiro atoms. The van der Waals surface area contributed by atoms with Gasteiger partial charge in [0.05, 0.1) is 46.7 Å². The fraction of sp³-hybridized carbons (Fsp3) is 0.524. The number of halogens is 2. The number of ether oxygens (including phenoxy) is 1. The summed E-state index contributed by atoms with van der Waals surface area (Å²) in [4.78, 5) is 31.5. The Hall–Kier alpha value is -2.17. The number of nitrogens with two attached hydrogens (primary N) is 1. The Morgan fingerprint density at radius 1 is 1.44 bits per heavy atom. The van der Waals surface area contributed by atoms with Gasteiger partial charge in [-0.05, 0) is 61.7 Å². The minimum atomic E-state index is -0.754. The highest BCUT2D eigenvalue weighted by molar-refractivity contribution is 9.10. The maximum atomic E-state index is 12.9. The van der Waals surface area contributed by atoms with Crippen molar-refractivity contribution in [2.75, 3.05) is 6.54 Å². The number of likely N-dealkylation sites (tertiary alicyclic amines) is 1. The third-order valence-electron chi connectivity index (χ3n) is 5.22. The maximum Gasteiger partial charge on any atom is 0.410 e. The van der Waals surface area contributed by atoms with Gasteiger partial charge in [-0.15, -0.1) is 0 Å². The summed E-state index contributed by atoms with van der Waals surface area (Å²) in [6.45, 7) is 5.89. The van der Waals surface area contributed by atoms with Crippen LogP contribution in [0.15, 0.2) is 32.8 Å². The molecule has 0 aliphatic carbocycles. The molecule has 2 heterocycles. The summed E-state index contributed by atoms with van der Waals surface area (Å²) in [5, 5.41) is 15.2. The van der Waals surface area contributed by atoms with Crippen LogP contribution in [0.3, 0.4) is 0 Å². The van der Waals surface area contributed by atoms with Gasteiger partial charge in [-0.2, -0.15) is 5.10 Å². The molecule has 1 fully saturated rings. The van der Waals surface area contributed by atoms with Crippen LogP contribution in [-0.2, 0) is 11.3 Å². The molecule has 2 aromatic rings. The van der Waals surface area contributed by atoms with E-state index in [9.17, 15) is 14.7 Å². The lowest BCUT2D eigenvalue weighted by Crippen LogP contribution is -2.53. The quantitative estimate of drug-likeness (QED) is 0.357. The summed E-state index contributed by atoms with van der Waals surface area (Å²) in [5.41, 5.74) is -0.00269. The molecule has 0 radical (unpaired) electrons. The fourth-order valence-corrected chi connectivity index (χ4v) is 4.19. The van der Waals surface area contributed by atoms with Crippen molar-refractivity contribution >= 4 is 50.2 Å². The normalized spacial score (nSPS) is 19.9. The summed E-state index contributed by atoms with van der Waals surface area (Å²) in [7, 11) is 0. The lowest BCUT2D eigenvalue weighted by atomic mass is 9.94. The number of hydrazone groups is 1. The molecule has 0 saturated carbocycles. The molecule has 3 N–H and O–H groups in total. The Bertz CT molecular complexity index is 1100. The predicted molar refractivity (Wildman–Crippen MR) is 127 cm³/mol. The number of aromatic nitrogens is 2. The number of piperidine rings is 1. The van der Waals surface area contributed by atoms with E-state index in [1.165, 1.54) is 15.8 Å². The summed E-state index contributed by atoms with van der Waals surface area (Å²) in [5.74, 6) is 5.62. The molecule has 2 atom stereocenters. The van der Waals surface area contributed by atoms with Gasteiger partial charge in [-0.1, -0.05) is 11.6 Å². The van der Waals surface area contributed by atoms with E-state index in [0.29, 0.717) is 45.5 Å². The van der Waals surface area contributed by atoms with Crippen LogP contribution in [0, 0.1) is 0 Å². The number of fused-ring (bicyclic) bond motifs is 1. The molecule has 11 heteroatoms. The molecule has 2 unspecified atom stereocenters. The number of nitrogens with zero attached hydrogens (tertiary/aromatic N) is 4. The van der Waals surface area contributed by atoms with Gasteiger partial charge >= 0.3 is 6.09 Å². The number of carbonyl (C=O) groups is 1. The van der Waals surface area contributed by atoms with Gasteiger partial charge in [-0.25, -0.2) is 9.78 Å². The van der Waals surface area contributed by atoms with Crippen LogP contribution in [0.4, 0.5) is 4.79 Å². The number of hydrogen-bond acceptors (Lipinski definition) is 7. The van der Waals surface area contributed by atoms with E-state index >= 15 is 0 Å². The summed E-state index contributed by atoms with van der Waals surface area (Å²) >= 11 is 9.46. The monoisotopic (exact) mass is 527 g/mol. The third-order valence-corrected chi connectivity index (χ3v) is 6.41. The van der Waals surface area contributed by atoms with Crippen molar-refractivity contribution in [2.45, 2.75) is 64.3 Å². The van der Waals surface area contributed by atoms with Gasteiger partial charge in [-0.3, -0.25) is 9.36 Å². The zero-order valence-corrected chi connectivity index (χ0v) is 20.6. The largest absolute Gasteiger partial charge is 0.444 e. The van der Waals surface area contributed by atoms with Crippen LogP contribution >= 0.6 is 27.5 Å². The van der Waals surface area contributed by atoms with Gasteiger partial charge in [0, 0.05) is 17.4 Å². The lowest BCUT2D eigenvalue weighted by molar-refractivity contribution is -0.0211. The van der Waals surface area contributed by atoms with Gasteiger partial charge < -0.3 is 20.6 Å². The lowest BCUT2D eigenvalue weighted by Gasteiger charge is -2.39. The van der Waals surface area contributed by atoms with Crippen molar-refractivity contribution in [1.29, 1.82) is 0 Å². The Morgan fingerprint density at radius 2 is 2.16 bits per heavy atom. The van der Waals surface area contributed by atoms with Crippen LogP contribution in [0.2, 0.25) is 5.02 Å². The average Bonchev–Trinajstić information content (AvgIpc) is 2.70. The first-order chi connectivity index (χ1) is 15.0. The van der Waals surface area contributed by atoms with E-state index < -0.39 is 23.8 Å². The van der Waals surface area contributed by atoms with Crippen molar-refractivity contribution in [3.05, 3.63) is 38.3 Å². The van der Waals surface area contributed by atoms with Gasteiger partial charge in [0.2, 0.25) is 0 Å². The standard InChI is InChI=1S/C21H27BrClN5O4/c1-21(2,3)32-20(31)28-6-4-5-18(29)17(28)7-12(26-24)10-27-11-25-16-9-14(22)15(23)8-13(16)19(27)30/h8-9,11,17-18,29H,4-7,10,24H2,1-3H3/b26-12-. The van der Waals surface area contributed by atoms with E-state index in [1.54, 1.807) is 32.9 Å². The minimum Gasteiger partial charge on any atom is -0.444 e. The van der Waals surface area contributed by atoms with E-state index in [-0.39, 0.29) is 18.5 Å². The Kier molecular flexibility index (Phi) is 7.46. The van der Waals surface area contributed by atoms with Crippen LogP contribution in [0.5, 0.6) is 0 Å². The van der Waals surface area contributed by atoms with Crippen molar-refractivity contribution < 1.29 is 14.6 Å². The van der Waals surface area contributed by atoms with E-state index in [4.69, 9.17) is 22.2 Å². The second-order valence-electron chi connectivity index (χ2n) is 8.81. The summed E-state index contributed by atoms with van der Waals surface area (Å²) in [6, 6.07) is 2.68. The first-order valence-electron chi connectivity index (χ1n) is 10.3. The number of hydrogen-bond donors (Lipinski definition) is 2. The molecule has 0 bridgehead atoms. The van der Waals surface area contributed by atoms with Crippen molar-refractivity contribution in [1.82, 2.24) is 14.5 Å². The Morgan fingerprint density at radius 3 is 2.81 bits per heavy atom. The van der Waals surface area contributed by atoms with Crippen LogP contribution < -0.4 is 11.4 Å². The molecule has 174 valence electrons. The number of carbonyl (C=O) groups excluding carboxylic acids is 1. The average molecular weight is 529 g/mol. The molecule has 1 saturated heterocycles. The van der Waals surface area contributed by atoms with E-state index in [0.717, 1.165) is 0 Å². The van der Waals surface area contributed by atoms with Gasteiger partial charge in [0.1, 0.15) is 5.60 Å². The maximum absolute atomic E-state index is 12.9. The summed E-state index contributed by atoms with van der Waals surface area (Å²) < 4.78 is 7.53. The molecule has 1 aromatic heterocycles. The number of rotatable bonds is 4. The zero-order valence-electron chi connectivity index (χ0n) is 18.2. The Balaban J connectivity index is 1.84. The zero-order chi connectivity index (χ0) is 23.6. The number of amides is 1. The number of aliphatic hydroxyl groups is 1. The number of benzene rings is 1. The van der Waals surface area contributed by atoms with Crippen LogP contribution in [-0.4, -0.2) is 55.7 Å². The molecule has 9 nitrogen and oxygen atoms in total. The molecule has 1 amide bonds. The molecule has 1 aromatic carbocycles. The van der Waals surface area contributed by atoms with E-state index in [1.807, 2.05) is 0 Å². The molecular formula is C21H27BrClN5O4.